The smallest absolute Gasteiger partial charge is 0.323 e. The van der Waals surface area contributed by atoms with Crippen LogP contribution in [0.3, 0.4) is 0 Å². The van der Waals surface area contributed by atoms with Crippen LogP contribution in [-0.2, 0) is 9.59 Å². The molecule has 0 aliphatic carbocycles. The molecule has 1 aromatic rings. The van der Waals surface area contributed by atoms with E-state index in [-0.39, 0.29) is 19.2 Å². The van der Waals surface area contributed by atoms with Gasteiger partial charge in [0.25, 0.3) is 5.91 Å². The number of nitrogens with zero attached hydrogens (tertiary/aromatic N) is 2. The Morgan fingerprint density at radius 3 is 2.60 bits per heavy atom. The highest BCUT2D eigenvalue weighted by Gasteiger charge is 2.20. The van der Waals surface area contributed by atoms with E-state index < -0.39 is 11.9 Å². The van der Waals surface area contributed by atoms with Crippen molar-refractivity contribution in [3.8, 4) is 11.8 Å². The lowest BCUT2D eigenvalue weighted by Crippen LogP contribution is -2.43. The molecule has 1 N–H and O–H groups in total. The summed E-state index contributed by atoms with van der Waals surface area (Å²) in [6.07, 6.45) is 0. The van der Waals surface area contributed by atoms with E-state index in [9.17, 15) is 9.59 Å². The number of nitriles is 1. The molecule has 106 valence electrons. The molecule has 0 saturated heterocycles. The van der Waals surface area contributed by atoms with E-state index >= 15 is 0 Å². The van der Waals surface area contributed by atoms with Gasteiger partial charge in [0.1, 0.15) is 18.4 Å². The number of carbonyl (C=O) groups is 2. The minimum Gasteiger partial charge on any atom is -0.482 e. The van der Waals surface area contributed by atoms with Crippen molar-refractivity contribution in [1.82, 2.24) is 4.90 Å². The molecular weight excluding hydrogens is 260 g/mol. The first-order valence-electron chi connectivity index (χ1n) is 6.09. The first kappa shape index (κ1) is 15.5. The Morgan fingerprint density at radius 1 is 1.40 bits per heavy atom. The first-order chi connectivity index (χ1) is 9.45. The maximum Gasteiger partial charge on any atom is 0.323 e. The van der Waals surface area contributed by atoms with Crippen LogP contribution >= 0.6 is 0 Å². The molecule has 20 heavy (non-hydrogen) atoms. The van der Waals surface area contributed by atoms with E-state index in [0.717, 1.165) is 0 Å². The van der Waals surface area contributed by atoms with Crippen LogP contribution in [0.1, 0.15) is 19.4 Å². The number of amides is 1. The maximum atomic E-state index is 11.9. The molecule has 0 unspecified atom stereocenters. The number of carboxylic acids is 1. The maximum absolute atomic E-state index is 11.9. The van der Waals surface area contributed by atoms with E-state index in [4.69, 9.17) is 15.1 Å². The molecular formula is C14H16N2O4. The SMILES string of the molecule is CC(C)N(CC(=O)O)C(=O)COc1ccccc1C#N. The molecule has 0 saturated carbocycles. The Hall–Kier alpha value is -2.55. The third-order valence-corrected chi connectivity index (χ3v) is 2.61. The minimum absolute atomic E-state index is 0.242. The second kappa shape index (κ2) is 7.14. The zero-order valence-corrected chi connectivity index (χ0v) is 11.4. The van der Waals surface area contributed by atoms with Crippen LogP contribution < -0.4 is 4.74 Å². The quantitative estimate of drug-likeness (QED) is 0.844. The van der Waals surface area contributed by atoms with Gasteiger partial charge in [-0.05, 0) is 26.0 Å². The van der Waals surface area contributed by atoms with E-state index in [1.807, 2.05) is 6.07 Å². The fourth-order valence-corrected chi connectivity index (χ4v) is 1.61. The molecule has 0 atom stereocenters. The normalized spacial score (nSPS) is 9.90. The molecule has 0 aromatic heterocycles. The lowest BCUT2D eigenvalue weighted by Gasteiger charge is -2.24. The third-order valence-electron chi connectivity index (χ3n) is 2.61. The number of carbonyl (C=O) groups excluding carboxylic acids is 1. The summed E-state index contributed by atoms with van der Waals surface area (Å²) in [6.45, 7) is 2.78. The Labute approximate surface area is 117 Å². The van der Waals surface area contributed by atoms with Crippen molar-refractivity contribution >= 4 is 11.9 Å². The number of ether oxygens (including phenoxy) is 1. The molecule has 1 rings (SSSR count). The zero-order valence-electron chi connectivity index (χ0n) is 11.4. The molecule has 0 fully saturated rings. The van der Waals surface area contributed by atoms with Crippen LogP contribution in [0, 0.1) is 11.3 Å². The highest BCUT2D eigenvalue weighted by molar-refractivity contribution is 5.82. The second-order valence-corrected chi connectivity index (χ2v) is 4.41. The van der Waals surface area contributed by atoms with Gasteiger partial charge in [0, 0.05) is 6.04 Å². The fourth-order valence-electron chi connectivity index (χ4n) is 1.61. The predicted molar refractivity (Wildman–Crippen MR) is 71.1 cm³/mol. The van der Waals surface area contributed by atoms with Crippen molar-refractivity contribution < 1.29 is 19.4 Å². The average Bonchev–Trinajstić information content (AvgIpc) is 2.42. The van der Waals surface area contributed by atoms with Crippen LogP contribution in [0.5, 0.6) is 5.75 Å². The predicted octanol–water partition coefficient (Wildman–Crippen LogP) is 1.26. The number of hydrogen-bond donors (Lipinski definition) is 1. The molecule has 0 spiro atoms. The van der Waals surface area contributed by atoms with Crippen molar-refractivity contribution in [3.05, 3.63) is 29.8 Å². The topological polar surface area (TPSA) is 90.6 Å². The lowest BCUT2D eigenvalue weighted by molar-refractivity contribution is -0.146. The van der Waals surface area contributed by atoms with Crippen LogP contribution in [0.25, 0.3) is 0 Å². The standard InChI is InChI=1S/C14H16N2O4/c1-10(2)16(8-14(18)19)13(17)9-20-12-6-4-3-5-11(12)7-15/h3-6,10H,8-9H2,1-2H3,(H,18,19). The van der Waals surface area contributed by atoms with Gasteiger partial charge in [0.15, 0.2) is 6.61 Å². The van der Waals surface area contributed by atoms with Crippen molar-refractivity contribution in [2.75, 3.05) is 13.2 Å². The molecule has 6 heteroatoms. The van der Waals surface area contributed by atoms with Gasteiger partial charge in [-0.25, -0.2) is 0 Å². The fraction of sp³-hybridized carbons (Fsp3) is 0.357. The van der Waals surface area contributed by atoms with Crippen molar-refractivity contribution in [2.24, 2.45) is 0 Å². The van der Waals surface area contributed by atoms with Gasteiger partial charge in [-0.1, -0.05) is 12.1 Å². The van der Waals surface area contributed by atoms with Crippen LogP contribution in [-0.4, -0.2) is 41.1 Å². The number of hydrogen-bond acceptors (Lipinski definition) is 4. The monoisotopic (exact) mass is 276 g/mol. The lowest BCUT2D eigenvalue weighted by atomic mass is 10.2. The van der Waals surface area contributed by atoms with E-state index in [0.29, 0.717) is 11.3 Å². The van der Waals surface area contributed by atoms with E-state index in [2.05, 4.69) is 0 Å². The summed E-state index contributed by atoms with van der Waals surface area (Å²) >= 11 is 0. The summed E-state index contributed by atoms with van der Waals surface area (Å²) in [7, 11) is 0. The molecule has 0 aliphatic rings. The number of carboxylic acid groups (broad SMARTS) is 1. The highest BCUT2D eigenvalue weighted by Crippen LogP contribution is 2.16. The minimum atomic E-state index is -1.08. The van der Waals surface area contributed by atoms with E-state index in [1.54, 1.807) is 38.1 Å². The molecule has 1 amide bonds. The van der Waals surface area contributed by atoms with Crippen LogP contribution in [0.2, 0.25) is 0 Å². The molecule has 0 aliphatic heterocycles. The first-order valence-corrected chi connectivity index (χ1v) is 6.09. The van der Waals surface area contributed by atoms with Gasteiger partial charge in [-0.3, -0.25) is 9.59 Å². The summed E-state index contributed by atoms with van der Waals surface area (Å²) in [5.74, 6) is -1.21. The zero-order chi connectivity index (χ0) is 15.1. The van der Waals surface area contributed by atoms with Gasteiger partial charge < -0.3 is 14.7 Å². The molecule has 6 nitrogen and oxygen atoms in total. The number of para-hydroxylation sites is 1. The average molecular weight is 276 g/mol. The van der Waals surface area contributed by atoms with Crippen molar-refractivity contribution in [1.29, 1.82) is 5.26 Å². The number of rotatable bonds is 6. The van der Waals surface area contributed by atoms with Gasteiger partial charge in [0.05, 0.1) is 5.56 Å². The third kappa shape index (κ3) is 4.28. The summed E-state index contributed by atoms with van der Waals surface area (Å²) in [6, 6.07) is 8.27. The summed E-state index contributed by atoms with van der Waals surface area (Å²) in [4.78, 5) is 23.9. The largest absolute Gasteiger partial charge is 0.482 e. The Morgan fingerprint density at radius 2 is 2.05 bits per heavy atom. The Balaban J connectivity index is 2.70. The Bertz CT molecular complexity index is 534. The molecule has 0 bridgehead atoms. The van der Waals surface area contributed by atoms with Crippen LogP contribution in [0.15, 0.2) is 24.3 Å². The molecule has 0 heterocycles. The van der Waals surface area contributed by atoms with Crippen molar-refractivity contribution in [2.45, 2.75) is 19.9 Å². The molecule has 1 aromatic carbocycles. The van der Waals surface area contributed by atoms with E-state index in [1.165, 1.54) is 4.90 Å². The van der Waals surface area contributed by atoms with Crippen LogP contribution in [0.4, 0.5) is 0 Å². The van der Waals surface area contributed by atoms with Crippen molar-refractivity contribution in [3.63, 3.8) is 0 Å². The summed E-state index contributed by atoms with van der Waals surface area (Å²) < 4.78 is 5.30. The Kier molecular flexibility index (Phi) is 5.54. The second-order valence-electron chi connectivity index (χ2n) is 4.41. The highest BCUT2D eigenvalue weighted by atomic mass is 16.5. The number of benzene rings is 1. The summed E-state index contributed by atoms with van der Waals surface area (Å²) in [5.41, 5.74) is 0.328. The molecule has 0 radical (unpaired) electrons. The summed E-state index contributed by atoms with van der Waals surface area (Å²) in [5, 5.41) is 17.7. The van der Waals surface area contributed by atoms with Gasteiger partial charge in [-0.2, -0.15) is 5.26 Å². The number of aliphatic carboxylic acids is 1. The van der Waals surface area contributed by atoms with Gasteiger partial charge in [0.2, 0.25) is 0 Å². The van der Waals surface area contributed by atoms with Gasteiger partial charge in [-0.15, -0.1) is 0 Å². The van der Waals surface area contributed by atoms with Gasteiger partial charge >= 0.3 is 5.97 Å².